The Balaban J connectivity index is 2.22. The topological polar surface area (TPSA) is 43.1 Å². The van der Waals surface area contributed by atoms with Crippen molar-refractivity contribution in [1.82, 2.24) is 0 Å². The molecule has 0 radical (unpaired) electrons. The van der Waals surface area contributed by atoms with Crippen LogP contribution in [0.5, 0.6) is 0 Å². The summed E-state index contributed by atoms with van der Waals surface area (Å²) in [5.74, 6) is -0.532. The number of hydrogen-bond donors (Lipinski definition) is 1. The SMILES string of the molecule is Cc1ccc(CC(C(N)=O)c2ccccc2)cc1. The highest BCUT2D eigenvalue weighted by molar-refractivity contribution is 5.82. The molecule has 2 aromatic rings. The lowest BCUT2D eigenvalue weighted by Crippen LogP contribution is -2.23. The van der Waals surface area contributed by atoms with Gasteiger partial charge in [-0.15, -0.1) is 0 Å². The first-order valence-electron chi connectivity index (χ1n) is 6.06. The molecule has 2 rings (SSSR count). The largest absolute Gasteiger partial charge is 0.369 e. The van der Waals surface area contributed by atoms with Gasteiger partial charge in [0.15, 0.2) is 0 Å². The van der Waals surface area contributed by atoms with E-state index in [4.69, 9.17) is 5.73 Å². The molecule has 0 bridgehead atoms. The highest BCUT2D eigenvalue weighted by Crippen LogP contribution is 2.20. The van der Waals surface area contributed by atoms with E-state index in [-0.39, 0.29) is 11.8 Å². The maximum Gasteiger partial charge on any atom is 0.225 e. The predicted molar refractivity (Wildman–Crippen MR) is 73.3 cm³/mol. The van der Waals surface area contributed by atoms with Crippen LogP contribution in [0.2, 0.25) is 0 Å². The van der Waals surface area contributed by atoms with Crippen molar-refractivity contribution in [3.05, 3.63) is 71.3 Å². The summed E-state index contributed by atoms with van der Waals surface area (Å²) in [4.78, 5) is 11.6. The molecule has 0 aromatic heterocycles. The van der Waals surface area contributed by atoms with Crippen LogP contribution in [0.4, 0.5) is 0 Å². The predicted octanol–water partition coefficient (Wildman–Crippen LogP) is 2.81. The second-order valence-electron chi connectivity index (χ2n) is 4.56. The Labute approximate surface area is 107 Å². The number of primary amides is 1. The summed E-state index contributed by atoms with van der Waals surface area (Å²) in [7, 11) is 0. The van der Waals surface area contributed by atoms with E-state index in [1.807, 2.05) is 49.4 Å². The molecule has 2 nitrogen and oxygen atoms in total. The first kappa shape index (κ1) is 12.4. The van der Waals surface area contributed by atoms with Crippen LogP contribution < -0.4 is 5.73 Å². The van der Waals surface area contributed by atoms with E-state index in [1.165, 1.54) is 5.56 Å². The van der Waals surface area contributed by atoms with Gasteiger partial charge in [-0.2, -0.15) is 0 Å². The van der Waals surface area contributed by atoms with Crippen molar-refractivity contribution in [3.8, 4) is 0 Å². The monoisotopic (exact) mass is 239 g/mol. The van der Waals surface area contributed by atoms with Gasteiger partial charge >= 0.3 is 0 Å². The van der Waals surface area contributed by atoms with Gasteiger partial charge in [-0.1, -0.05) is 60.2 Å². The molecule has 0 saturated heterocycles. The second kappa shape index (κ2) is 5.50. The van der Waals surface area contributed by atoms with Crippen LogP contribution >= 0.6 is 0 Å². The van der Waals surface area contributed by atoms with Crippen LogP contribution in [0.15, 0.2) is 54.6 Å². The van der Waals surface area contributed by atoms with Crippen molar-refractivity contribution >= 4 is 5.91 Å². The molecule has 0 aliphatic rings. The van der Waals surface area contributed by atoms with Crippen LogP contribution in [0.25, 0.3) is 0 Å². The standard InChI is InChI=1S/C16H17NO/c1-12-7-9-13(10-8-12)11-15(16(17)18)14-5-3-2-4-6-14/h2-10,15H,11H2,1H3,(H2,17,18). The molecule has 0 heterocycles. The molecular formula is C16H17NO. The maximum atomic E-state index is 11.6. The van der Waals surface area contributed by atoms with Gasteiger partial charge in [0, 0.05) is 0 Å². The van der Waals surface area contributed by atoms with Crippen LogP contribution in [0.3, 0.4) is 0 Å². The number of nitrogens with two attached hydrogens (primary N) is 1. The molecule has 1 atom stereocenters. The van der Waals surface area contributed by atoms with E-state index in [9.17, 15) is 4.79 Å². The number of rotatable bonds is 4. The Bertz CT molecular complexity index is 517. The zero-order valence-electron chi connectivity index (χ0n) is 10.5. The molecule has 0 aliphatic heterocycles. The molecule has 1 amide bonds. The van der Waals surface area contributed by atoms with Crippen molar-refractivity contribution in [2.45, 2.75) is 19.3 Å². The molecule has 2 N–H and O–H groups in total. The summed E-state index contributed by atoms with van der Waals surface area (Å²) in [5, 5.41) is 0. The number of carbonyl (C=O) groups is 1. The first-order valence-corrected chi connectivity index (χ1v) is 6.06. The Morgan fingerprint density at radius 1 is 1.06 bits per heavy atom. The van der Waals surface area contributed by atoms with Gasteiger partial charge in [0.05, 0.1) is 5.92 Å². The fourth-order valence-corrected chi connectivity index (χ4v) is 2.03. The summed E-state index contributed by atoms with van der Waals surface area (Å²) < 4.78 is 0. The molecule has 2 aromatic carbocycles. The number of aryl methyl sites for hydroxylation is 1. The molecular weight excluding hydrogens is 222 g/mol. The second-order valence-corrected chi connectivity index (χ2v) is 4.56. The number of amides is 1. The van der Waals surface area contributed by atoms with E-state index in [0.717, 1.165) is 11.1 Å². The van der Waals surface area contributed by atoms with Crippen LogP contribution in [-0.4, -0.2) is 5.91 Å². The molecule has 0 fully saturated rings. The molecule has 0 aliphatic carbocycles. The average molecular weight is 239 g/mol. The maximum absolute atomic E-state index is 11.6. The molecule has 92 valence electrons. The molecule has 0 saturated carbocycles. The van der Waals surface area contributed by atoms with Gasteiger partial charge in [0.25, 0.3) is 0 Å². The van der Waals surface area contributed by atoms with Crippen molar-refractivity contribution in [2.75, 3.05) is 0 Å². The van der Waals surface area contributed by atoms with Gasteiger partial charge in [-0.3, -0.25) is 4.79 Å². The Hall–Kier alpha value is -2.09. The summed E-state index contributed by atoms with van der Waals surface area (Å²) in [6, 6.07) is 17.9. The van der Waals surface area contributed by atoms with E-state index in [0.29, 0.717) is 6.42 Å². The van der Waals surface area contributed by atoms with E-state index in [2.05, 4.69) is 12.1 Å². The normalized spacial score (nSPS) is 12.1. The van der Waals surface area contributed by atoms with Crippen LogP contribution in [0, 0.1) is 6.92 Å². The van der Waals surface area contributed by atoms with Gasteiger partial charge < -0.3 is 5.73 Å². The van der Waals surface area contributed by atoms with Crippen molar-refractivity contribution in [3.63, 3.8) is 0 Å². The molecule has 2 heteroatoms. The molecule has 1 unspecified atom stereocenters. The van der Waals surface area contributed by atoms with Crippen LogP contribution in [-0.2, 0) is 11.2 Å². The Morgan fingerprint density at radius 2 is 1.67 bits per heavy atom. The number of benzene rings is 2. The average Bonchev–Trinajstić information content (AvgIpc) is 2.38. The number of carbonyl (C=O) groups excluding carboxylic acids is 1. The highest BCUT2D eigenvalue weighted by atomic mass is 16.1. The van der Waals surface area contributed by atoms with E-state index in [1.54, 1.807) is 0 Å². The van der Waals surface area contributed by atoms with Gasteiger partial charge in [-0.05, 0) is 24.5 Å². The fraction of sp³-hybridized carbons (Fsp3) is 0.188. The number of hydrogen-bond acceptors (Lipinski definition) is 1. The summed E-state index contributed by atoms with van der Waals surface area (Å²) in [6.45, 7) is 2.05. The van der Waals surface area contributed by atoms with Crippen molar-refractivity contribution < 1.29 is 4.79 Å². The third-order valence-electron chi connectivity index (χ3n) is 3.11. The lowest BCUT2D eigenvalue weighted by Gasteiger charge is -2.14. The minimum Gasteiger partial charge on any atom is -0.369 e. The Kier molecular flexibility index (Phi) is 3.78. The Morgan fingerprint density at radius 3 is 2.22 bits per heavy atom. The summed E-state index contributed by atoms with van der Waals surface area (Å²) in [5.41, 5.74) is 8.83. The van der Waals surface area contributed by atoms with E-state index < -0.39 is 0 Å². The van der Waals surface area contributed by atoms with Gasteiger partial charge in [-0.25, -0.2) is 0 Å². The minimum atomic E-state index is -0.276. The highest BCUT2D eigenvalue weighted by Gasteiger charge is 2.17. The van der Waals surface area contributed by atoms with Crippen LogP contribution in [0.1, 0.15) is 22.6 Å². The third kappa shape index (κ3) is 2.98. The minimum absolute atomic E-state index is 0.256. The van der Waals surface area contributed by atoms with Gasteiger partial charge in [0.2, 0.25) is 5.91 Å². The zero-order chi connectivity index (χ0) is 13.0. The zero-order valence-corrected chi connectivity index (χ0v) is 10.5. The van der Waals surface area contributed by atoms with Gasteiger partial charge in [0.1, 0.15) is 0 Å². The lowest BCUT2D eigenvalue weighted by atomic mass is 9.91. The lowest BCUT2D eigenvalue weighted by molar-refractivity contribution is -0.119. The quantitative estimate of drug-likeness (QED) is 0.876. The molecule has 0 spiro atoms. The summed E-state index contributed by atoms with van der Waals surface area (Å²) >= 11 is 0. The first-order chi connectivity index (χ1) is 8.66. The van der Waals surface area contributed by atoms with E-state index >= 15 is 0 Å². The third-order valence-corrected chi connectivity index (χ3v) is 3.11. The smallest absolute Gasteiger partial charge is 0.225 e. The summed E-state index contributed by atoms with van der Waals surface area (Å²) in [6.07, 6.45) is 0.652. The fourth-order valence-electron chi connectivity index (χ4n) is 2.03. The van der Waals surface area contributed by atoms with Crippen molar-refractivity contribution in [1.29, 1.82) is 0 Å². The molecule has 18 heavy (non-hydrogen) atoms. The van der Waals surface area contributed by atoms with Crippen molar-refractivity contribution in [2.24, 2.45) is 5.73 Å².